The predicted molar refractivity (Wildman–Crippen MR) is 108 cm³/mol. The zero-order chi connectivity index (χ0) is 23.8. The van der Waals surface area contributed by atoms with Gasteiger partial charge >= 0.3 is 6.18 Å². The number of fused-ring (bicyclic) bond motifs is 1. The second kappa shape index (κ2) is 8.38. The van der Waals surface area contributed by atoms with Crippen LogP contribution in [0.2, 0.25) is 0 Å². The molecule has 0 aliphatic carbocycles. The Morgan fingerprint density at radius 3 is 2.59 bits per heavy atom. The van der Waals surface area contributed by atoms with Crippen LogP contribution in [-0.2, 0) is 11.3 Å². The van der Waals surface area contributed by atoms with Crippen molar-refractivity contribution in [3.63, 3.8) is 0 Å². The second-order valence-electron chi connectivity index (χ2n) is 8.11. The summed E-state index contributed by atoms with van der Waals surface area (Å²) in [4.78, 5) is 34.8. The number of amides is 2. The number of aromatic nitrogens is 2. The van der Waals surface area contributed by atoms with E-state index in [0.717, 1.165) is 0 Å². The lowest BCUT2D eigenvalue weighted by molar-refractivity contribution is -0.154. The summed E-state index contributed by atoms with van der Waals surface area (Å²) in [6, 6.07) is 2.70. The summed E-state index contributed by atoms with van der Waals surface area (Å²) in [5.74, 6) is -0.895. The molecule has 0 aromatic carbocycles. The van der Waals surface area contributed by atoms with Crippen molar-refractivity contribution in [3.05, 3.63) is 46.8 Å². The molecule has 32 heavy (non-hydrogen) atoms. The molecule has 11 heteroatoms. The molecule has 3 heterocycles. The van der Waals surface area contributed by atoms with E-state index < -0.39 is 30.3 Å². The number of ether oxygens (including phenoxy) is 1. The molecule has 1 aliphatic heterocycles. The highest BCUT2D eigenvalue weighted by Gasteiger charge is 2.37. The summed E-state index contributed by atoms with van der Waals surface area (Å²) >= 11 is 0. The number of rotatable bonds is 6. The minimum absolute atomic E-state index is 0.129. The van der Waals surface area contributed by atoms with E-state index in [1.54, 1.807) is 30.9 Å². The quantitative estimate of drug-likeness (QED) is 0.698. The van der Waals surface area contributed by atoms with Gasteiger partial charge in [0.15, 0.2) is 6.61 Å². The van der Waals surface area contributed by atoms with E-state index in [-0.39, 0.29) is 24.1 Å². The van der Waals surface area contributed by atoms with Gasteiger partial charge in [0.05, 0.1) is 11.6 Å². The SMILES string of the molecule is Cc1cc(CN2C(=O)c3ccnc(NC(=O)C(C)(C)O)c3C2C)cnc1OCC(F)(F)F. The Kier molecular flexibility index (Phi) is 6.14. The first-order chi connectivity index (χ1) is 14.8. The first-order valence-electron chi connectivity index (χ1n) is 9.76. The fourth-order valence-electron chi connectivity index (χ4n) is 3.34. The van der Waals surface area contributed by atoms with Crippen LogP contribution >= 0.6 is 0 Å². The van der Waals surface area contributed by atoms with Crippen molar-refractivity contribution in [1.29, 1.82) is 0 Å². The van der Waals surface area contributed by atoms with Crippen molar-refractivity contribution in [2.75, 3.05) is 11.9 Å². The van der Waals surface area contributed by atoms with E-state index in [9.17, 15) is 27.9 Å². The van der Waals surface area contributed by atoms with Gasteiger partial charge in [-0.15, -0.1) is 0 Å². The van der Waals surface area contributed by atoms with E-state index >= 15 is 0 Å². The summed E-state index contributed by atoms with van der Waals surface area (Å²) in [5.41, 5.74) is 0.265. The van der Waals surface area contributed by atoms with E-state index in [1.165, 1.54) is 26.2 Å². The molecule has 0 saturated carbocycles. The molecular formula is C21H23F3N4O4. The summed E-state index contributed by atoms with van der Waals surface area (Å²) in [7, 11) is 0. The van der Waals surface area contributed by atoms with Crippen LogP contribution < -0.4 is 10.1 Å². The minimum Gasteiger partial charge on any atom is -0.468 e. The number of carbonyl (C=O) groups excluding carboxylic acids is 2. The smallest absolute Gasteiger partial charge is 0.422 e. The van der Waals surface area contributed by atoms with Crippen molar-refractivity contribution < 1.29 is 32.6 Å². The third-order valence-electron chi connectivity index (χ3n) is 4.97. The average Bonchev–Trinajstić information content (AvgIpc) is 2.91. The Labute approximate surface area is 182 Å². The molecule has 0 bridgehead atoms. The van der Waals surface area contributed by atoms with Gasteiger partial charge in [-0.2, -0.15) is 13.2 Å². The van der Waals surface area contributed by atoms with Crippen LogP contribution in [0, 0.1) is 6.92 Å². The maximum absolute atomic E-state index is 13.0. The van der Waals surface area contributed by atoms with Crippen LogP contribution in [0.4, 0.5) is 19.0 Å². The van der Waals surface area contributed by atoms with E-state index in [0.29, 0.717) is 22.3 Å². The molecule has 2 N–H and O–H groups in total. The van der Waals surface area contributed by atoms with Crippen LogP contribution in [0.25, 0.3) is 0 Å². The summed E-state index contributed by atoms with van der Waals surface area (Å²) in [6.45, 7) is 4.71. The van der Waals surface area contributed by atoms with Crippen molar-refractivity contribution in [3.8, 4) is 5.88 Å². The number of anilines is 1. The minimum atomic E-state index is -4.47. The number of nitrogens with one attached hydrogen (secondary N) is 1. The number of halogens is 3. The molecule has 1 unspecified atom stereocenters. The predicted octanol–water partition coefficient (Wildman–Crippen LogP) is 3.15. The lowest BCUT2D eigenvalue weighted by Crippen LogP contribution is -2.37. The Bertz CT molecular complexity index is 1050. The van der Waals surface area contributed by atoms with Gasteiger partial charge in [0.25, 0.3) is 11.8 Å². The molecule has 172 valence electrons. The van der Waals surface area contributed by atoms with Gasteiger partial charge in [0.2, 0.25) is 5.88 Å². The van der Waals surface area contributed by atoms with Gasteiger partial charge in [-0.25, -0.2) is 9.97 Å². The van der Waals surface area contributed by atoms with Gasteiger partial charge in [0, 0.05) is 30.1 Å². The standard InChI is InChI=1S/C21H23F3N4O4/c1-11-7-13(8-26-17(11)32-10-21(22,23)24)9-28-12(2)15-14(18(28)29)5-6-25-16(15)27-19(30)20(3,4)31/h5-8,12,31H,9-10H2,1-4H3,(H,25,27,30). The van der Waals surface area contributed by atoms with Crippen LogP contribution in [0.15, 0.2) is 24.5 Å². The number of alkyl halides is 3. The molecule has 0 spiro atoms. The zero-order valence-corrected chi connectivity index (χ0v) is 17.9. The van der Waals surface area contributed by atoms with E-state index in [4.69, 9.17) is 4.74 Å². The largest absolute Gasteiger partial charge is 0.468 e. The van der Waals surface area contributed by atoms with E-state index in [2.05, 4.69) is 15.3 Å². The Hall–Kier alpha value is -3.21. The molecule has 3 rings (SSSR count). The molecule has 1 aliphatic rings. The highest BCUT2D eigenvalue weighted by molar-refractivity contribution is 6.03. The van der Waals surface area contributed by atoms with Crippen LogP contribution in [0.3, 0.4) is 0 Å². The van der Waals surface area contributed by atoms with Gasteiger partial charge in [0.1, 0.15) is 11.4 Å². The number of aliphatic hydroxyl groups is 1. The number of nitrogens with zero attached hydrogens (tertiary/aromatic N) is 3. The number of pyridine rings is 2. The molecule has 0 saturated heterocycles. The monoisotopic (exact) mass is 452 g/mol. The topological polar surface area (TPSA) is 105 Å². The Morgan fingerprint density at radius 2 is 2.00 bits per heavy atom. The molecular weight excluding hydrogens is 429 g/mol. The third kappa shape index (κ3) is 4.98. The number of aryl methyl sites for hydroxylation is 1. The maximum Gasteiger partial charge on any atom is 0.422 e. The van der Waals surface area contributed by atoms with Crippen molar-refractivity contribution in [1.82, 2.24) is 14.9 Å². The lowest BCUT2D eigenvalue weighted by atomic mass is 10.1. The van der Waals surface area contributed by atoms with Crippen LogP contribution in [0.5, 0.6) is 5.88 Å². The molecule has 2 amide bonds. The maximum atomic E-state index is 13.0. The first kappa shape index (κ1) is 23.5. The van der Waals surface area contributed by atoms with Gasteiger partial charge < -0.3 is 20.1 Å². The Balaban J connectivity index is 1.80. The van der Waals surface area contributed by atoms with Crippen molar-refractivity contribution in [2.45, 2.75) is 52.1 Å². The number of hydrogen-bond donors (Lipinski definition) is 2. The molecule has 2 aromatic rings. The zero-order valence-electron chi connectivity index (χ0n) is 17.9. The average molecular weight is 452 g/mol. The molecule has 2 aromatic heterocycles. The Morgan fingerprint density at radius 1 is 1.31 bits per heavy atom. The molecule has 0 fully saturated rings. The number of carbonyl (C=O) groups is 2. The highest BCUT2D eigenvalue weighted by Crippen LogP contribution is 2.38. The second-order valence-corrected chi connectivity index (χ2v) is 8.11. The third-order valence-corrected chi connectivity index (χ3v) is 4.97. The molecule has 0 radical (unpaired) electrons. The van der Waals surface area contributed by atoms with Crippen molar-refractivity contribution in [2.24, 2.45) is 0 Å². The summed E-state index contributed by atoms with van der Waals surface area (Å²) in [6.07, 6.45) is -1.72. The van der Waals surface area contributed by atoms with Gasteiger partial charge in [-0.05, 0) is 45.4 Å². The fourth-order valence-corrected chi connectivity index (χ4v) is 3.34. The van der Waals surface area contributed by atoms with Crippen LogP contribution in [-0.4, -0.2) is 50.2 Å². The summed E-state index contributed by atoms with van der Waals surface area (Å²) in [5, 5.41) is 12.5. The highest BCUT2D eigenvalue weighted by atomic mass is 19.4. The number of hydrogen-bond acceptors (Lipinski definition) is 6. The molecule has 8 nitrogen and oxygen atoms in total. The van der Waals surface area contributed by atoms with Crippen molar-refractivity contribution >= 4 is 17.6 Å². The van der Waals surface area contributed by atoms with E-state index in [1.807, 2.05) is 0 Å². The van der Waals surface area contributed by atoms with Gasteiger partial charge in [-0.1, -0.05) is 0 Å². The molecule has 1 atom stereocenters. The lowest BCUT2D eigenvalue weighted by Gasteiger charge is -2.23. The first-order valence-corrected chi connectivity index (χ1v) is 9.76. The summed E-state index contributed by atoms with van der Waals surface area (Å²) < 4.78 is 41.8. The van der Waals surface area contributed by atoms with Gasteiger partial charge in [-0.3, -0.25) is 9.59 Å². The normalized spacial score (nSPS) is 16.2. The van der Waals surface area contributed by atoms with Crippen LogP contribution in [0.1, 0.15) is 53.9 Å². The fraction of sp³-hybridized carbons (Fsp3) is 0.429.